The zero-order valence-corrected chi connectivity index (χ0v) is 20.2. The number of fused-ring (bicyclic) bond motifs is 1. The highest BCUT2D eigenvalue weighted by Crippen LogP contribution is 2.33. The van der Waals surface area contributed by atoms with Gasteiger partial charge in [-0.3, -0.25) is 0 Å². The molecule has 0 fully saturated rings. The highest BCUT2D eigenvalue weighted by Gasteiger charge is 2.48. The first-order chi connectivity index (χ1) is 17.0. The predicted octanol–water partition coefficient (Wildman–Crippen LogP) is 6.24. The Bertz CT molecular complexity index is 1490. The number of ether oxygens (including phenoxy) is 2. The maximum Gasteiger partial charge on any atom is 0.534 e. The largest absolute Gasteiger partial charge is 0.534 e. The highest BCUT2D eigenvalue weighted by atomic mass is 32.2. The van der Waals surface area contributed by atoms with Crippen molar-refractivity contribution in [3.05, 3.63) is 95.2 Å². The van der Waals surface area contributed by atoms with Gasteiger partial charge in [0.25, 0.3) is 0 Å². The fourth-order valence-corrected chi connectivity index (χ4v) is 4.00. The van der Waals surface area contributed by atoms with Gasteiger partial charge in [0.15, 0.2) is 0 Å². The number of nitrogens with zero attached hydrogens (tertiary/aromatic N) is 1. The monoisotopic (exact) mass is 517 g/mol. The van der Waals surface area contributed by atoms with Gasteiger partial charge in [-0.15, -0.1) is 0 Å². The predicted molar refractivity (Wildman–Crippen MR) is 128 cm³/mol. The van der Waals surface area contributed by atoms with Gasteiger partial charge in [0.05, 0.1) is 11.2 Å². The first-order valence-electron chi connectivity index (χ1n) is 10.8. The maximum atomic E-state index is 12.7. The second-order valence-electron chi connectivity index (χ2n) is 8.06. The maximum absolute atomic E-state index is 12.7. The molecule has 0 saturated carbocycles. The van der Waals surface area contributed by atoms with Crippen LogP contribution in [-0.4, -0.2) is 18.9 Å². The Morgan fingerprint density at radius 2 is 1.50 bits per heavy atom. The SMILES string of the molecule is Cc1cc(OCc2nc3ccccc3c(OCc3ccccc3)c2C)cc(OS(=O)(=O)C(F)(F)F)c1. The Hall–Kier alpha value is -3.79. The normalized spacial score (nSPS) is 11.9. The molecule has 3 aromatic carbocycles. The van der Waals surface area contributed by atoms with Crippen LogP contribution in [0.3, 0.4) is 0 Å². The van der Waals surface area contributed by atoms with Gasteiger partial charge in [0.2, 0.25) is 0 Å². The molecule has 0 aliphatic rings. The Morgan fingerprint density at radius 1 is 0.833 bits per heavy atom. The lowest BCUT2D eigenvalue weighted by Crippen LogP contribution is -2.28. The van der Waals surface area contributed by atoms with Gasteiger partial charge in [-0.25, -0.2) is 4.98 Å². The molecule has 6 nitrogen and oxygen atoms in total. The van der Waals surface area contributed by atoms with Gasteiger partial charge in [-0.05, 0) is 49.2 Å². The quantitative estimate of drug-likeness (QED) is 0.204. The minimum atomic E-state index is -5.80. The molecule has 4 rings (SSSR count). The number of hydrogen-bond donors (Lipinski definition) is 0. The summed E-state index contributed by atoms with van der Waals surface area (Å²) in [5.74, 6) is 0.272. The molecule has 36 heavy (non-hydrogen) atoms. The lowest BCUT2D eigenvalue weighted by Gasteiger charge is -2.16. The van der Waals surface area contributed by atoms with Crippen molar-refractivity contribution in [3.8, 4) is 17.2 Å². The van der Waals surface area contributed by atoms with E-state index in [9.17, 15) is 21.6 Å². The van der Waals surface area contributed by atoms with Gasteiger partial charge >= 0.3 is 15.6 Å². The van der Waals surface area contributed by atoms with Crippen LogP contribution in [0.4, 0.5) is 13.2 Å². The van der Waals surface area contributed by atoms with Crippen molar-refractivity contribution in [2.45, 2.75) is 32.6 Å². The molecule has 0 atom stereocenters. The third-order valence-corrected chi connectivity index (χ3v) is 6.27. The molecule has 0 saturated heterocycles. The number of aromatic nitrogens is 1. The lowest BCUT2D eigenvalue weighted by molar-refractivity contribution is -0.0500. The summed E-state index contributed by atoms with van der Waals surface area (Å²) in [6.07, 6.45) is 0. The summed E-state index contributed by atoms with van der Waals surface area (Å²) < 4.78 is 77.1. The summed E-state index contributed by atoms with van der Waals surface area (Å²) in [6, 6.07) is 21.0. The summed E-state index contributed by atoms with van der Waals surface area (Å²) in [4.78, 5) is 4.66. The van der Waals surface area contributed by atoms with Crippen molar-refractivity contribution < 1.29 is 35.2 Å². The molecule has 0 unspecified atom stereocenters. The van der Waals surface area contributed by atoms with Crippen LogP contribution in [0.25, 0.3) is 10.9 Å². The standard InChI is InChI=1S/C26H22F3NO5S/c1-17-12-20(14-21(13-17)35-36(31,32)26(27,28)29)33-16-24-18(2)25(22-10-6-7-11-23(22)30-24)34-15-19-8-4-3-5-9-19/h3-14H,15-16H2,1-2H3. The molecule has 1 aromatic heterocycles. The molecular weight excluding hydrogens is 495 g/mol. The average Bonchev–Trinajstić information content (AvgIpc) is 2.81. The number of para-hydroxylation sites is 1. The van der Waals surface area contributed by atoms with Crippen LogP contribution < -0.4 is 13.7 Å². The van der Waals surface area contributed by atoms with E-state index in [0.29, 0.717) is 29.1 Å². The van der Waals surface area contributed by atoms with Gasteiger partial charge in [-0.2, -0.15) is 21.6 Å². The van der Waals surface area contributed by atoms with Crippen molar-refractivity contribution in [1.82, 2.24) is 4.98 Å². The first-order valence-corrected chi connectivity index (χ1v) is 12.2. The van der Waals surface area contributed by atoms with Crippen LogP contribution in [0.5, 0.6) is 17.2 Å². The zero-order chi connectivity index (χ0) is 25.9. The summed E-state index contributed by atoms with van der Waals surface area (Å²) in [5, 5.41) is 0.832. The Balaban J connectivity index is 1.60. The minimum absolute atomic E-state index is 0.0344. The second-order valence-corrected chi connectivity index (χ2v) is 9.60. The molecular formula is C26H22F3NO5S. The lowest BCUT2D eigenvalue weighted by atomic mass is 10.1. The molecule has 0 aliphatic carbocycles. The number of aryl methyl sites for hydroxylation is 1. The van der Waals surface area contributed by atoms with Gasteiger partial charge < -0.3 is 13.7 Å². The van der Waals surface area contributed by atoms with Gasteiger partial charge in [0, 0.05) is 17.0 Å². The second kappa shape index (κ2) is 10.1. The summed E-state index contributed by atoms with van der Waals surface area (Å²) in [7, 11) is -5.80. The number of hydrogen-bond acceptors (Lipinski definition) is 6. The van der Waals surface area contributed by atoms with Gasteiger partial charge in [-0.1, -0.05) is 42.5 Å². The van der Waals surface area contributed by atoms with Gasteiger partial charge in [0.1, 0.15) is 30.5 Å². The van der Waals surface area contributed by atoms with E-state index in [2.05, 4.69) is 9.17 Å². The van der Waals surface area contributed by atoms with E-state index >= 15 is 0 Å². The topological polar surface area (TPSA) is 74.7 Å². The van der Waals surface area contributed by atoms with Crippen LogP contribution in [0.2, 0.25) is 0 Å². The molecule has 188 valence electrons. The van der Waals surface area contributed by atoms with Crippen molar-refractivity contribution in [3.63, 3.8) is 0 Å². The number of halogens is 3. The summed E-state index contributed by atoms with van der Waals surface area (Å²) >= 11 is 0. The van der Waals surface area contributed by atoms with E-state index in [4.69, 9.17) is 9.47 Å². The van der Waals surface area contributed by atoms with E-state index in [-0.39, 0.29) is 12.4 Å². The molecule has 0 aliphatic heterocycles. The van der Waals surface area contributed by atoms with E-state index in [1.807, 2.05) is 61.5 Å². The fraction of sp³-hybridized carbons (Fsp3) is 0.192. The van der Waals surface area contributed by atoms with E-state index in [1.165, 1.54) is 6.07 Å². The molecule has 0 radical (unpaired) electrons. The molecule has 1 heterocycles. The van der Waals surface area contributed by atoms with Crippen LogP contribution in [-0.2, 0) is 23.3 Å². The molecule has 0 bridgehead atoms. The average molecular weight is 518 g/mol. The van der Waals surface area contributed by atoms with Crippen LogP contribution in [0.15, 0.2) is 72.8 Å². The number of pyridine rings is 1. The summed E-state index contributed by atoms with van der Waals surface area (Å²) in [6.45, 7) is 3.74. The smallest absolute Gasteiger partial charge is 0.488 e. The van der Waals surface area contributed by atoms with E-state index < -0.39 is 21.4 Å². The number of rotatable bonds is 8. The molecule has 4 aromatic rings. The third kappa shape index (κ3) is 5.71. The van der Waals surface area contributed by atoms with Crippen molar-refractivity contribution in [2.24, 2.45) is 0 Å². The van der Waals surface area contributed by atoms with E-state index in [0.717, 1.165) is 22.6 Å². The number of alkyl halides is 3. The van der Waals surface area contributed by atoms with Crippen molar-refractivity contribution in [1.29, 1.82) is 0 Å². The molecule has 0 amide bonds. The zero-order valence-electron chi connectivity index (χ0n) is 19.4. The summed E-state index contributed by atoms with van der Waals surface area (Å²) in [5.41, 5.74) is -2.10. The molecule has 10 heteroatoms. The van der Waals surface area contributed by atoms with Crippen molar-refractivity contribution >= 4 is 21.0 Å². The molecule has 0 spiro atoms. The highest BCUT2D eigenvalue weighted by molar-refractivity contribution is 7.88. The third-order valence-electron chi connectivity index (χ3n) is 5.29. The van der Waals surface area contributed by atoms with E-state index in [1.54, 1.807) is 13.0 Å². The number of benzene rings is 3. The van der Waals surface area contributed by atoms with Crippen LogP contribution in [0, 0.1) is 13.8 Å². The Kier molecular flexibility index (Phi) is 7.07. The molecule has 0 N–H and O–H groups in total. The Morgan fingerprint density at radius 3 is 2.22 bits per heavy atom. The van der Waals surface area contributed by atoms with Crippen LogP contribution in [0.1, 0.15) is 22.4 Å². The minimum Gasteiger partial charge on any atom is -0.488 e. The Labute approximate surface area is 206 Å². The van der Waals surface area contributed by atoms with Crippen molar-refractivity contribution in [2.75, 3.05) is 0 Å². The fourth-order valence-electron chi connectivity index (χ4n) is 3.55. The first kappa shape index (κ1) is 25.3. The van der Waals surface area contributed by atoms with Crippen LogP contribution >= 0.6 is 0 Å².